The molecule has 1 N–H and O–H groups in total. The summed E-state index contributed by atoms with van der Waals surface area (Å²) in [5.74, 6) is -0.555. The average Bonchev–Trinajstić information content (AvgIpc) is 3.10. The van der Waals surface area contributed by atoms with Crippen LogP contribution < -0.4 is 0 Å². The van der Waals surface area contributed by atoms with E-state index in [1.165, 1.54) is 6.92 Å². The molecular formula is C12H22O5. The van der Waals surface area contributed by atoms with E-state index in [1.807, 2.05) is 13.8 Å². The van der Waals surface area contributed by atoms with Crippen molar-refractivity contribution >= 4 is 5.97 Å². The summed E-state index contributed by atoms with van der Waals surface area (Å²) in [7, 11) is 0. The summed E-state index contributed by atoms with van der Waals surface area (Å²) in [5.41, 5.74) is 0.0793. The van der Waals surface area contributed by atoms with Crippen LogP contribution in [0.25, 0.3) is 0 Å². The molecular weight excluding hydrogens is 224 g/mol. The average molecular weight is 246 g/mol. The smallest absolute Gasteiger partial charge is 0.336 e. The topological polar surface area (TPSA) is 68.3 Å². The van der Waals surface area contributed by atoms with Gasteiger partial charge >= 0.3 is 5.97 Å². The molecule has 1 aliphatic heterocycles. The van der Waals surface area contributed by atoms with E-state index in [1.54, 1.807) is 0 Å². The molecule has 0 aromatic carbocycles. The Morgan fingerprint density at radius 3 is 2.35 bits per heavy atom. The zero-order valence-electron chi connectivity index (χ0n) is 10.8. The Labute approximate surface area is 102 Å². The molecule has 1 saturated heterocycles. The summed E-state index contributed by atoms with van der Waals surface area (Å²) < 4.78 is 14.4. The molecule has 0 aromatic heterocycles. The highest BCUT2D eigenvalue weighted by molar-refractivity contribution is 5.88. The summed E-state index contributed by atoms with van der Waals surface area (Å²) in [5, 5.41) is 8.94. The molecule has 0 bridgehead atoms. The van der Waals surface area contributed by atoms with Gasteiger partial charge in [-0.2, -0.15) is 0 Å². The van der Waals surface area contributed by atoms with Gasteiger partial charge in [-0.15, -0.1) is 0 Å². The third-order valence-electron chi connectivity index (χ3n) is 1.98. The van der Waals surface area contributed by atoms with E-state index in [-0.39, 0.29) is 18.3 Å². The summed E-state index contributed by atoms with van der Waals surface area (Å²) >= 11 is 0. The fourth-order valence-electron chi connectivity index (χ4n) is 0.800. The molecule has 0 aromatic rings. The van der Waals surface area contributed by atoms with Gasteiger partial charge in [0.15, 0.2) is 0 Å². The normalized spacial score (nSPS) is 18.7. The largest absolute Gasteiger partial charge is 0.459 e. The summed E-state index contributed by atoms with van der Waals surface area (Å²) in [6.45, 7) is 11.4. The van der Waals surface area contributed by atoms with Crippen molar-refractivity contribution in [2.24, 2.45) is 0 Å². The third-order valence-corrected chi connectivity index (χ3v) is 1.98. The van der Waals surface area contributed by atoms with Crippen molar-refractivity contribution in [1.82, 2.24) is 0 Å². The number of esters is 1. The lowest BCUT2D eigenvalue weighted by Gasteiger charge is -2.07. The molecule has 0 spiro atoms. The first-order valence-corrected chi connectivity index (χ1v) is 5.76. The van der Waals surface area contributed by atoms with Crippen LogP contribution in [-0.4, -0.2) is 49.7 Å². The Hall–Kier alpha value is -0.910. The molecule has 5 nitrogen and oxygen atoms in total. The van der Waals surface area contributed by atoms with Crippen LogP contribution in [0.2, 0.25) is 0 Å². The van der Waals surface area contributed by atoms with Crippen molar-refractivity contribution < 1.29 is 24.1 Å². The van der Waals surface area contributed by atoms with Crippen LogP contribution in [0, 0.1) is 0 Å². The van der Waals surface area contributed by atoms with Gasteiger partial charge in [-0.3, -0.25) is 0 Å². The maximum Gasteiger partial charge on any atom is 0.336 e. The van der Waals surface area contributed by atoms with Gasteiger partial charge in [0.1, 0.15) is 12.7 Å². The molecule has 0 saturated carbocycles. The van der Waals surface area contributed by atoms with Crippen molar-refractivity contribution in [2.75, 3.05) is 26.4 Å². The second-order valence-electron chi connectivity index (χ2n) is 3.54. The van der Waals surface area contributed by atoms with Crippen molar-refractivity contribution in [3.8, 4) is 0 Å². The van der Waals surface area contributed by atoms with Crippen LogP contribution in [0.15, 0.2) is 12.2 Å². The molecule has 1 rings (SSSR count). The quantitative estimate of drug-likeness (QED) is 0.428. The molecule has 17 heavy (non-hydrogen) atoms. The fraction of sp³-hybridized carbons (Fsp3) is 0.750. The highest BCUT2D eigenvalue weighted by atomic mass is 16.6. The standard InChI is InChI=1S/C8H12O4.C4H10O/c1-5(6(2)9)8(10)12-4-7-3-11-7;1-3-5-4-2/h6-7,9H,1,3-4H2,2H3;3-4H2,1-2H3. The van der Waals surface area contributed by atoms with Gasteiger partial charge in [0.25, 0.3) is 0 Å². The minimum absolute atomic E-state index is 0.0516. The molecule has 0 aliphatic carbocycles. The van der Waals surface area contributed by atoms with Crippen LogP contribution in [0.5, 0.6) is 0 Å². The minimum Gasteiger partial charge on any atom is -0.459 e. The first kappa shape index (κ1) is 16.1. The van der Waals surface area contributed by atoms with Crippen LogP contribution in [0.4, 0.5) is 0 Å². The Kier molecular flexibility index (Phi) is 8.66. The number of hydrogen-bond acceptors (Lipinski definition) is 5. The van der Waals surface area contributed by atoms with Crippen molar-refractivity contribution in [1.29, 1.82) is 0 Å². The lowest BCUT2D eigenvalue weighted by Crippen LogP contribution is -2.18. The number of aliphatic hydroxyl groups is 1. The number of carbonyl (C=O) groups is 1. The van der Waals surface area contributed by atoms with E-state index >= 15 is 0 Å². The lowest BCUT2D eigenvalue weighted by atomic mass is 10.2. The van der Waals surface area contributed by atoms with Gasteiger partial charge in [0.05, 0.1) is 18.3 Å². The van der Waals surface area contributed by atoms with Gasteiger partial charge in [0, 0.05) is 13.2 Å². The second-order valence-corrected chi connectivity index (χ2v) is 3.54. The number of rotatable bonds is 6. The minimum atomic E-state index is -0.849. The zero-order chi connectivity index (χ0) is 13.3. The number of ether oxygens (including phenoxy) is 3. The van der Waals surface area contributed by atoms with E-state index in [2.05, 4.69) is 6.58 Å². The van der Waals surface area contributed by atoms with Gasteiger partial charge in [-0.25, -0.2) is 4.79 Å². The van der Waals surface area contributed by atoms with Crippen molar-refractivity contribution in [3.05, 3.63) is 12.2 Å². The maximum absolute atomic E-state index is 11.0. The molecule has 2 unspecified atom stereocenters. The monoisotopic (exact) mass is 246 g/mol. The van der Waals surface area contributed by atoms with Gasteiger partial charge in [-0.05, 0) is 20.8 Å². The molecule has 1 heterocycles. The first-order chi connectivity index (χ1) is 8.02. The van der Waals surface area contributed by atoms with E-state index in [4.69, 9.17) is 19.3 Å². The zero-order valence-corrected chi connectivity index (χ0v) is 10.8. The van der Waals surface area contributed by atoms with Gasteiger partial charge < -0.3 is 19.3 Å². The molecule has 2 atom stereocenters. The van der Waals surface area contributed by atoms with Gasteiger partial charge in [0.2, 0.25) is 0 Å². The third kappa shape index (κ3) is 8.85. The Balaban J connectivity index is 0.000000437. The van der Waals surface area contributed by atoms with Crippen molar-refractivity contribution in [2.45, 2.75) is 33.0 Å². The number of hydrogen-bond donors (Lipinski definition) is 1. The lowest BCUT2D eigenvalue weighted by molar-refractivity contribution is -0.140. The van der Waals surface area contributed by atoms with Crippen LogP contribution in [0.3, 0.4) is 0 Å². The predicted octanol–water partition coefficient (Wildman–Crippen LogP) is 0.908. The highest BCUT2D eigenvalue weighted by Gasteiger charge is 2.25. The Morgan fingerprint density at radius 1 is 1.53 bits per heavy atom. The first-order valence-electron chi connectivity index (χ1n) is 5.76. The molecule has 1 fully saturated rings. The molecule has 0 radical (unpaired) electrons. The van der Waals surface area contributed by atoms with E-state index in [0.29, 0.717) is 6.61 Å². The van der Waals surface area contributed by atoms with E-state index in [9.17, 15) is 4.79 Å². The van der Waals surface area contributed by atoms with Crippen LogP contribution in [0.1, 0.15) is 20.8 Å². The van der Waals surface area contributed by atoms with Crippen LogP contribution in [-0.2, 0) is 19.0 Å². The predicted molar refractivity (Wildman–Crippen MR) is 63.7 cm³/mol. The Morgan fingerprint density at radius 2 is 2.06 bits per heavy atom. The Bertz CT molecular complexity index is 231. The maximum atomic E-state index is 11.0. The molecule has 100 valence electrons. The number of epoxide rings is 1. The SMILES string of the molecule is C=C(C(=O)OCC1CO1)C(C)O.CCOCC. The fourth-order valence-corrected chi connectivity index (χ4v) is 0.800. The van der Waals surface area contributed by atoms with Gasteiger partial charge in [-0.1, -0.05) is 6.58 Å². The number of aliphatic hydroxyl groups excluding tert-OH is 1. The van der Waals surface area contributed by atoms with E-state index in [0.717, 1.165) is 13.2 Å². The molecule has 5 heteroatoms. The second kappa shape index (κ2) is 9.15. The van der Waals surface area contributed by atoms with Crippen molar-refractivity contribution in [3.63, 3.8) is 0 Å². The number of carbonyl (C=O) groups excluding carboxylic acids is 1. The molecule has 0 amide bonds. The van der Waals surface area contributed by atoms with Crippen LogP contribution >= 0.6 is 0 Å². The molecule has 1 aliphatic rings. The summed E-state index contributed by atoms with van der Waals surface area (Å²) in [4.78, 5) is 11.0. The highest BCUT2D eigenvalue weighted by Crippen LogP contribution is 2.10. The summed E-state index contributed by atoms with van der Waals surface area (Å²) in [6, 6.07) is 0. The van der Waals surface area contributed by atoms with E-state index < -0.39 is 12.1 Å². The summed E-state index contributed by atoms with van der Waals surface area (Å²) in [6.07, 6.45) is -0.798.